The molecule has 0 atom stereocenters. The van der Waals surface area contributed by atoms with Gasteiger partial charge in [-0.2, -0.15) is 0 Å². The van der Waals surface area contributed by atoms with Gasteiger partial charge < -0.3 is 9.47 Å². The van der Waals surface area contributed by atoms with E-state index in [1.54, 1.807) is 18.5 Å². The van der Waals surface area contributed by atoms with E-state index in [-0.39, 0.29) is 24.3 Å². The molecule has 1 aromatic heterocycles. The van der Waals surface area contributed by atoms with Crippen molar-refractivity contribution in [3.05, 3.63) is 46.7 Å². The number of rotatable bonds is 12. The van der Waals surface area contributed by atoms with E-state index in [0.717, 1.165) is 17.5 Å². The summed E-state index contributed by atoms with van der Waals surface area (Å²) < 4.78 is 13.9. The normalized spacial score (nSPS) is 11.3. The molecular formula is C20H25Cl2N3O3S. The third kappa shape index (κ3) is 7.03. The van der Waals surface area contributed by atoms with E-state index in [4.69, 9.17) is 32.7 Å². The molecule has 0 saturated carbocycles. The molecule has 0 amide bonds. The van der Waals surface area contributed by atoms with Crippen LogP contribution in [0.15, 0.2) is 30.6 Å². The summed E-state index contributed by atoms with van der Waals surface area (Å²) in [4.78, 5) is 20.3. The number of nitrogens with zero attached hydrogens (tertiary/aromatic N) is 2. The third-order valence-corrected chi connectivity index (χ3v) is 5.31. The highest BCUT2D eigenvalue weighted by Crippen LogP contribution is 2.35. The molecule has 0 fully saturated rings. The van der Waals surface area contributed by atoms with Crippen LogP contribution < -0.4 is 14.2 Å². The summed E-state index contributed by atoms with van der Waals surface area (Å²) in [7, 11) is 0. The number of halogens is 2. The van der Waals surface area contributed by atoms with E-state index < -0.39 is 0 Å². The van der Waals surface area contributed by atoms with Crippen molar-refractivity contribution in [2.75, 3.05) is 31.9 Å². The Bertz CT molecular complexity index is 804. The number of carbonyl (C=O) groups excluding carboxylic acids is 1. The maximum Gasteiger partial charge on any atom is 0.316 e. The summed E-state index contributed by atoms with van der Waals surface area (Å²) in [6, 6.07) is 5.87. The molecule has 9 heteroatoms. The lowest BCUT2D eigenvalue weighted by Crippen LogP contribution is -2.23. The maximum atomic E-state index is 11.7. The Kier molecular flexibility index (Phi) is 9.49. The highest BCUT2D eigenvalue weighted by molar-refractivity contribution is 7.96. The quantitative estimate of drug-likeness (QED) is 0.289. The molecule has 0 bridgehead atoms. The SMILES string of the molecule is CSNCC(=O)COc1ccc(C(C)(C)c2cnc(OCCCCl)nc2)cc1Cl. The zero-order valence-electron chi connectivity index (χ0n) is 16.7. The summed E-state index contributed by atoms with van der Waals surface area (Å²) in [5.41, 5.74) is 1.52. The van der Waals surface area contributed by atoms with Crippen LogP contribution in [0.5, 0.6) is 11.8 Å². The van der Waals surface area contributed by atoms with Gasteiger partial charge in [-0.05, 0) is 35.9 Å². The third-order valence-electron chi connectivity index (χ3n) is 4.31. The first-order valence-electron chi connectivity index (χ1n) is 9.10. The summed E-state index contributed by atoms with van der Waals surface area (Å²) in [6.07, 6.45) is 6.10. The molecule has 2 rings (SSSR count). The number of alkyl halides is 1. The van der Waals surface area contributed by atoms with Gasteiger partial charge >= 0.3 is 6.01 Å². The molecule has 1 N–H and O–H groups in total. The minimum absolute atomic E-state index is 0.0327. The second-order valence-electron chi connectivity index (χ2n) is 6.77. The van der Waals surface area contributed by atoms with Crippen LogP contribution in [0.2, 0.25) is 5.02 Å². The molecule has 0 unspecified atom stereocenters. The number of hydrogen-bond acceptors (Lipinski definition) is 7. The second-order valence-corrected chi connectivity index (χ2v) is 8.25. The van der Waals surface area contributed by atoms with Crippen LogP contribution in [-0.2, 0) is 10.2 Å². The van der Waals surface area contributed by atoms with Gasteiger partial charge in [-0.1, -0.05) is 43.5 Å². The highest BCUT2D eigenvalue weighted by Gasteiger charge is 2.25. The lowest BCUT2D eigenvalue weighted by atomic mass is 9.79. The van der Waals surface area contributed by atoms with E-state index >= 15 is 0 Å². The number of benzene rings is 1. The predicted octanol–water partition coefficient (Wildman–Crippen LogP) is 4.28. The Balaban J connectivity index is 2.06. The van der Waals surface area contributed by atoms with Gasteiger partial charge in [0.15, 0.2) is 5.78 Å². The average Bonchev–Trinajstić information content (AvgIpc) is 2.71. The number of aromatic nitrogens is 2. The van der Waals surface area contributed by atoms with E-state index in [1.807, 2.05) is 18.4 Å². The van der Waals surface area contributed by atoms with Gasteiger partial charge in [0.25, 0.3) is 0 Å². The first-order chi connectivity index (χ1) is 13.9. The smallest absolute Gasteiger partial charge is 0.316 e. The van der Waals surface area contributed by atoms with Crippen molar-refractivity contribution in [1.82, 2.24) is 14.7 Å². The summed E-state index contributed by atoms with van der Waals surface area (Å²) in [5.74, 6) is 0.961. The number of Topliss-reactive ketones (excluding diaryl/α,β-unsaturated/α-hetero) is 1. The van der Waals surface area contributed by atoms with Crippen molar-refractivity contribution in [2.45, 2.75) is 25.7 Å². The van der Waals surface area contributed by atoms with Crippen LogP contribution in [0, 0.1) is 0 Å². The van der Waals surface area contributed by atoms with Crippen molar-refractivity contribution in [3.8, 4) is 11.8 Å². The van der Waals surface area contributed by atoms with Gasteiger partial charge in [-0.15, -0.1) is 11.6 Å². The minimum atomic E-state index is -0.380. The van der Waals surface area contributed by atoms with Crippen LogP contribution in [0.25, 0.3) is 0 Å². The average molecular weight is 458 g/mol. The fourth-order valence-corrected chi connectivity index (χ4v) is 3.12. The Morgan fingerprint density at radius 1 is 1.21 bits per heavy atom. The Morgan fingerprint density at radius 2 is 1.93 bits per heavy atom. The van der Waals surface area contributed by atoms with Crippen LogP contribution in [0.4, 0.5) is 0 Å². The maximum absolute atomic E-state index is 11.7. The van der Waals surface area contributed by atoms with Gasteiger partial charge in [-0.25, -0.2) is 9.97 Å². The second kappa shape index (κ2) is 11.6. The van der Waals surface area contributed by atoms with Crippen molar-refractivity contribution in [3.63, 3.8) is 0 Å². The van der Waals surface area contributed by atoms with Crippen LogP contribution in [0.1, 0.15) is 31.4 Å². The zero-order valence-corrected chi connectivity index (χ0v) is 19.0. The molecule has 158 valence electrons. The zero-order chi connectivity index (χ0) is 21.3. The molecule has 0 radical (unpaired) electrons. The van der Waals surface area contributed by atoms with Crippen molar-refractivity contribution < 1.29 is 14.3 Å². The minimum Gasteiger partial charge on any atom is -0.484 e. The van der Waals surface area contributed by atoms with Gasteiger partial charge in [0.1, 0.15) is 12.4 Å². The summed E-state index contributed by atoms with van der Waals surface area (Å²) in [6.45, 7) is 4.82. The molecule has 1 heterocycles. The van der Waals surface area contributed by atoms with Crippen molar-refractivity contribution >= 4 is 40.9 Å². The molecule has 0 spiro atoms. The fraction of sp³-hybridized carbons (Fsp3) is 0.450. The summed E-state index contributed by atoms with van der Waals surface area (Å²) in [5, 5.41) is 0.447. The molecule has 2 aromatic rings. The molecule has 0 aliphatic heterocycles. The number of carbonyl (C=O) groups is 1. The largest absolute Gasteiger partial charge is 0.484 e. The molecule has 0 aliphatic rings. The molecular weight excluding hydrogens is 433 g/mol. The van der Waals surface area contributed by atoms with Gasteiger partial charge in [0.05, 0.1) is 18.2 Å². The van der Waals surface area contributed by atoms with Crippen molar-refractivity contribution in [2.24, 2.45) is 0 Å². The Hall–Kier alpha value is -1.54. The molecule has 1 aromatic carbocycles. The number of ketones is 1. The van der Waals surface area contributed by atoms with E-state index in [9.17, 15) is 4.79 Å². The molecule has 0 aliphatic carbocycles. The summed E-state index contributed by atoms with van der Waals surface area (Å²) >= 11 is 13.4. The molecule has 0 saturated heterocycles. The lowest BCUT2D eigenvalue weighted by Gasteiger charge is -2.26. The topological polar surface area (TPSA) is 73.3 Å². The van der Waals surface area contributed by atoms with Gasteiger partial charge in [-0.3, -0.25) is 9.52 Å². The highest BCUT2D eigenvalue weighted by atomic mass is 35.5. The number of nitrogens with one attached hydrogen (secondary N) is 1. The van der Waals surface area contributed by atoms with E-state index in [0.29, 0.717) is 29.3 Å². The first kappa shape index (κ1) is 23.7. The molecule has 6 nitrogen and oxygen atoms in total. The monoisotopic (exact) mass is 457 g/mol. The van der Waals surface area contributed by atoms with Gasteiger partial charge in [0, 0.05) is 23.7 Å². The predicted molar refractivity (Wildman–Crippen MR) is 118 cm³/mol. The van der Waals surface area contributed by atoms with Crippen molar-refractivity contribution in [1.29, 1.82) is 0 Å². The van der Waals surface area contributed by atoms with Gasteiger partial charge in [0.2, 0.25) is 0 Å². The van der Waals surface area contributed by atoms with Crippen LogP contribution >= 0.6 is 35.1 Å². The first-order valence-corrected chi connectivity index (χ1v) is 11.2. The Morgan fingerprint density at radius 3 is 2.55 bits per heavy atom. The van der Waals surface area contributed by atoms with Crippen LogP contribution in [-0.4, -0.2) is 47.6 Å². The fourth-order valence-electron chi connectivity index (χ4n) is 2.47. The Labute approximate surface area is 185 Å². The standard InChI is InChI=1S/C20H25Cl2N3O3S/c1-20(2,15-10-23-19(24-11-15)27-8-4-7-21)14-5-6-18(17(22)9-14)28-13-16(26)12-25-29-3/h5-6,9-11,25H,4,7-8,12-13H2,1-3H3. The van der Waals surface area contributed by atoms with E-state index in [1.165, 1.54) is 11.9 Å². The number of ether oxygens (including phenoxy) is 2. The van der Waals surface area contributed by atoms with Crippen LogP contribution in [0.3, 0.4) is 0 Å². The molecule has 29 heavy (non-hydrogen) atoms. The van der Waals surface area contributed by atoms with E-state index in [2.05, 4.69) is 28.5 Å². The lowest BCUT2D eigenvalue weighted by molar-refractivity contribution is -0.119. The number of hydrogen-bond donors (Lipinski definition) is 1.